The second kappa shape index (κ2) is 4.27. The van der Waals surface area contributed by atoms with E-state index in [4.69, 9.17) is 5.84 Å². The molecule has 0 aliphatic heterocycles. The molecule has 4 N–H and O–H groups in total. The molecule has 15 heavy (non-hydrogen) atoms. The van der Waals surface area contributed by atoms with Gasteiger partial charge in [0.25, 0.3) is 5.91 Å². The van der Waals surface area contributed by atoms with Crippen molar-refractivity contribution < 1.29 is 4.79 Å². The highest BCUT2D eigenvalue weighted by molar-refractivity contribution is 5.99. The topological polar surface area (TPSA) is 80.0 Å². The molecule has 1 amide bonds. The van der Waals surface area contributed by atoms with Gasteiger partial charge in [-0.05, 0) is 24.8 Å². The molecule has 0 unspecified atom stereocenters. The minimum absolute atomic E-state index is 0.122. The number of anilines is 1. The third-order valence-corrected chi connectivity index (χ3v) is 2.47. The van der Waals surface area contributed by atoms with Gasteiger partial charge in [-0.2, -0.15) is 0 Å². The summed E-state index contributed by atoms with van der Waals surface area (Å²) in [6, 6.07) is 1.67. The molecule has 0 saturated heterocycles. The van der Waals surface area contributed by atoms with Crippen LogP contribution in [0.3, 0.4) is 0 Å². The Morgan fingerprint density at radius 3 is 3.07 bits per heavy atom. The van der Waals surface area contributed by atoms with Gasteiger partial charge in [-0.3, -0.25) is 15.6 Å². The number of rotatable bonds is 4. The lowest BCUT2D eigenvalue weighted by Gasteiger charge is -2.08. The lowest BCUT2D eigenvalue weighted by Crippen LogP contribution is -2.27. The van der Waals surface area contributed by atoms with Crippen molar-refractivity contribution in [2.24, 2.45) is 11.8 Å². The highest BCUT2D eigenvalue weighted by atomic mass is 16.1. The Morgan fingerprint density at radius 2 is 2.40 bits per heavy atom. The van der Waals surface area contributed by atoms with Gasteiger partial charge in [-0.25, -0.2) is 0 Å². The first-order valence-corrected chi connectivity index (χ1v) is 5.00. The summed E-state index contributed by atoms with van der Waals surface area (Å²) in [6.07, 6.45) is 5.54. The SMILES string of the molecule is NNc1ccncc1C(=O)NCC1CC1. The molecule has 1 aromatic heterocycles. The molecule has 0 aromatic carbocycles. The van der Waals surface area contributed by atoms with E-state index in [2.05, 4.69) is 15.7 Å². The van der Waals surface area contributed by atoms with Crippen LogP contribution in [0, 0.1) is 5.92 Å². The van der Waals surface area contributed by atoms with Gasteiger partial charge in [0, 0.05) is 18.9 Å². The molecule has 80 valence electrons. The van der Waals surface area contributed by atoms with E-state index in [0.717, 1.165) is 6.54 Å². The number of nitrogens with zero attached hydrogens (tertiary/aromatic N) is 1. The van der Waals surface area contributed by atoms with Gasteiger partial charge in [0.15, 0.2) is 0 Å². The summed E-state index contributed by atoms with van der Waals surface area (Å²) in [7, 11) is 0. The van der Waals surface area contributed by atoms with Gasteiger partial charge in [0.1, 0.15) is 0 Å². The van der Waals surface area contributed by atoms with Crippen LogP contribution in [0.15, 0.2) is 18.5 Å². The van der Waals surface area contributed by atoms with Crippen molar-refractivity contribution in [3.05, 3.63) is 24.0 Å². The van der Waals surface area contributed by atoms with Crippen LogP contribution < -0.4 is 16.6 Å². The van der Waals surface area contributed by atoms with E-state index in [-0.39, 0.29) is 5.91 Å². The summed E-state index contributed by atoms with van der Waals surface area (Å²) in [5.74, 6) is 5.84. The van der Waals surface area contributed by atoms with Crippen molar-refractivity contribution in [2.45, 2.75) is 12.8 Å². The van der Waals surface area contributed by atoms with E-state index >= 15 is 0 Å². The maximum Gasteiger partial charge on any atom is 0.255 e. The fourth-order valence-corrected chi connectivity index (χ4v) is 1.36. The number of pyridine rings is 1. The molecule has 0 radical (unpaired) electrons. The Hall–Kier alpha value is -1.62. The highest BCUT2D eigenvalue weighted by Crippen LogP contribution is 2.27. The molecule has 0 spiro atoms. The number of nitrogens with two attached hydrogens (primary N) is 1. The predicted molar refractivity (Wildman–Crippen MR) is 57.1 cm³/mol. The van der Waals surface area contributed by atoms with Crippen LogP contribution in [0.2, 0.25) is 0 Å². The van der Waals surface area contributed by atoms with Crippen molar-refractivity contribution in [2.75, 3.05) is 12.0 Å². The molecule has 1 fully saturated rings. The molecule has 1 saturated carbocycles. The van der Waals surface area contributed by atoms with E-state index in [9.17, 15) is 4.79 Å². The van der Waals surface area contributed by atoms with Gasteiger partial charge in [0.2, 0.25) is 0 Å². The zero-order valence-electron chi connectivity index (χ0n) is 8.36. The normalized spacial score (nSPS) is 14.7. The Balaban J connectivity index is 2.02. The van der Waals surface area contributed by atoms with Crippen molar-refractivity contribution in [1.82, 2.24) is 10.3 Å². The van der Waals surface area contributed by atoms with E-state index in [0.29, 0.717) is 17.2 Å². The molecule has 1 aliphatic carbocycles. The summed E-state index contributed by atoms with van der Waals surface area (Å²) in [6.45, 7) is 0.748. The van der Waals surface area contributed by atoms with Crippen LogP contribution in [0.1, 0.15) is 23.2 Å². The summed E-state index contributed by atoms with van der Waals surface area (Å²) in [5, 5.41) is 2.86. The molecule has 0 atom stereocenters. The zero-order chi connectivity index (χ0) is 10.7. The largest absolute Gasteiger partial charge is 0.352 e. The molecular weight excluding hydrogens is 192 g/mol. The van der Waals surface area contributed by atoms with Gasteiger partial charge >= 0.3 is 0 Å². The predicted octanol–water partition coefficient (Wildman–Crippen LogP) is 0.507. The Kier molecular flexibility index (Phi) is 2.82. The molecular formula is C10H14N4O. The van der Waals surface area contributed by atoms with E-state index < -0.39 is 0 Å². The minimum Gasteiger partial charge on any atom is -0.352 e. The number of nitrogens with one attached hydrogen (secondary N) is 2. The molecule has 5 nitrogen and oxygen atoms in total. The van der Waals surface area contributed by atoms with Crippen LogP contribution in [-0.4, -0.2) is 17.4 Å². The van der Waals surface area contributed by atoms with E-state index in [1.54, 1.807) is 12.3 Å². The fraction of sp³-hybridized carbons (Fsp3) is 0.400. The van der Waals surface area contributed by atoms with Crippen molar-refractivity contribution in [3.63, 3.8) is 0 Å². The number of nitrogen functional groups attached to an aromatic ring is 1. The summed E-state index contributed by atoms with van der Waals surface area (Å²) in [5.41, 5.74) is 3.56. The first kappa shape index (κ1) is 9.92. The average Bonchev–Trinajstić information content (AvgIpc) is 3.09. The molecule has 1 aromatic rings. The number of hydrogen-bond acceptors (Lipinski definition) is 4. The summed E-state index contributed by atoms with van der Waals surface area (Å²) < 4.78 is 0. The van der Waals surface area contributed by atoms with Gasteiger partial charge in [-0.15, -0.1) is 0 Å². The fourth-order valence-electron chi connectivity index (χ4n) is 1.36. The number of aromatic nitrogens is 1. The number of hydrazine groups is 1. The van der Waals surface area contributed by atoms with Crippen LogP contribution in [0.25, 0.3) is 0 Å². The Labute approximate surface area is 88.0 Å². The standard InChI is InChI=1S/C10H14N4O/c11-14-9-3-4-12-6-8(9)10(15)13-5-7-1-2-7/h3-4,6-7H,1-2,5,11H2,(H,12,14)(H,13,15). The van der Waals surface area contributed by atoms with Crippen LogP contribution in [0.5, 0.6) is 0 Å². The number of carbonyl (C=O) groups is 1. The molecule has 1 heterocycles. The Bertz CT molecular complexity index is 362. The first-order valence-electron chi connectivity index (χ1n) is 5.00. The number of carbonyl (C=O) groups excluding carboxylic acids is 1. The molecule has 5 heteroatoms. The highest BCUT2D eigenvalue weighted by Gasteiger charge is 2.22. The minimum atomic E-state index is -0.122. The molecule has 2 rings (SSSR count). The first-order chi connectivity index (χ1) is 7.31. The van der Waals surface area contributed by atoms with Crippen molar-refractivity contribution in [3.8, 4) is 0 Å². The quantitative estimate of drug-likeness (QED) is 0.495. The second-order valence-corrected chi connectivity index (χ2v) is 3.72. The maximum atomic E-state index is 11.7. The second-order valence-electron chi connectivity index (χ2n) is 3.72. The zero-order valence-corrected chi connectivity index (χ0v) is 8.36. The number of hydrogen-bond donors (Lipinski definition) is 3. The lowest BCUT2D eigenvalue weighted by molar-refractivity contribution is 0.0952. The lowest BCUT2D eigenvalue weighted by atomic mass is 10.2. The third-order valence-electron chi connectivity index (χ3n) is 2.47. The Morgan fingerprint density at radius 1 is 1.60 bits per heavy atom. The summed E-state index contributed by atoms with van der Waals surface area (Å²) in [4.78, 5) is 15.6. The average molecular weight is 206 g/mol. The van der Waals surface area contributed by atoms with Gasteiger partial charge in [0.05, 0.1) is 11.3 Å². The van der Waals surface area contributed by atoms with Gasteiger partial charge in [-0.1, -0.05) is 0 Å². The van der Waals surface area contributed by atoms with E-state index in [1.165, 1.54) is 19.0 Å². The number of amides is 1. The van der Waals surface area contributed by atoms with Crippen molar-refractivity contribution in [1.29, 1.82) is 0 Å². The van der Waals surface area contributed by atoms with Crippen LogP contribution in [0.4, 0.5) is 5.69 Å². The van der Waals surface area contributed by atoms with Gasteiger partial charge < -0.3 is 10.7 Å². The summed E-state index contributed by atoms with van der Waals surface area (Å²) >= 11 is 0. The monoisotopic (exact) mass is 206 g/mol. The van der Waals surface area contributed by atoms with Crippen LogP contribution in [-0.2, 0) is 0 Å². The molecule has 1 aliphatic rings. The maximum absolute atomic E-state index is 11.7. The molecule has 0 bridgehead atoms. The van der Waals surface area contributed by atoms with Crippen molar-refractivity contribution >= 4 is 11.6 Å². The van der Waals surface area contributed by atoms with Crippen LogP contribution >= 0.6 is 0 Å². The third kappa shape index (κ3) is 2.44. The van der Waals surface area contributed by atoms with E-state index in [1.807, 2.05) is 0 Å². The smallest absolute Gasteiger partial charge is 0.255 e.